The molecule has 0 aliphatic rings. The van der Waals surface area contributed by atoms with E-state index < -0.39 is 0 Å². The van der Waals surface area contributed by atoms with Crippen molar-refractivity contribution in [1.29, 1.82) is 5.41 Å². The lowest BCUT2D eigenvalue weighted by atomic mass is 10.5. The molecule has 11 heavy (non-hydrogen) atoms. The van der Waals surface area contributed by atoms with Gasteiger partial charge in [0.25, 0.3) is 0 Å². The van der Waals surface area contributed by atoms with E-state index in [0.29, 0.717) is 0 Å². The summed E-state index contributed by atoms with van der Waals surface area (Å²) < 4.78 is 1.12. The zero-order valence-corrected chi connectivity index (χ0v) is 8.85. The SMILES string of the molecule is N=C(N)SCc1ccc(Br)s1. The number of thiophene rings is 1. The second-order valence-corrected chi connectivity index (χ2v) is 5.42. The Morgan fingerprint density at radius 1 is 1.73 bits per heavy atom. The number of amidine groups is 1. The van der Waals surface area contributed by atoms with E-state index in [2.05, 4.69) is 15.9 Å². The van der Waals surface area contributed by atoms with Gasteiger partial charge in [-0.25, -0.2) is 0 Å². The summed E-state index contributed by atoms with van der Waals surface area (Å²) in [6, 6.07) is 4.03. The Hall–Kier alpha value is -0.0000000000000000833. The summed E-state index contributed by atoms with van der Waals surface area (Å²) in [4.78, 5) is 1.23. The van der Waals surface area contributed by atoms with Crippen molar-refractivity contribution in [3.63, 3.8) is 0 Å². The highest BCUT2D eigenvalue weighted by molar-refractivity contribution is 9.11. The second-order valence-electron chi connectivity index (χ2n) is 1.86. The molecule has 0 atom stereocenters. The van der Waals surface area contributed by atoms with Crippen molar-refractivity contribution >= 4 is 44.2 Å². The predicted octanol–water partition coefficient (Wildman–Crippen LogP) is 2.64. The Bertz CT molecular complexity index is 259. The Morgan fingerprint density at radius 2 is 2.45 bits per heavy atom. The highest BCUT2D eigenvalue weighted by atomic mass is 79.9. The molecule has 0 unspecified atom stereocenters. The van der Waals surface area contributed by atoms with Gasteiger partial charge in [0, 0.05) is 10.6 Å². The number of hydrogen-bond donors (Lipinski definition) is 2. The number of nitrogens with two attached hydrogens (primary N) is 1. The van der Waals surface area contributed by atoms with E-state index in [1.807, 2.05) is 12.1 Å². The highest BCUT2D eigenvalue weighted by Gasteiger charge is 1.98. The minimum atomic E-state index is 0.175. The van der Waals surface area contributed by atoms with Gasteiger partial charge in [-0.1, -0.05) is 11.8 Å². The third-order valence-corrected chi connectivity index (χ3v) is 3.57. The summed E-state index contributed by atoms with van der Waals surface area (Å²) in [7, 11) is 0. The summed E-state index contributed by atoms with van der Waals surface area (Å²) in [6.07, 6.45) is 0. The Kier molecular flexibility index (Phi) is 3.42. The average molecular weight is 251 g/mol. The van der Waals surface area contributed by atoms with Crippen LogP contribution in [0, 0.1) is 5.41 Å². The van der Waals surface area contributed by atoms with Crippen molar-refractivity contribution in [3.8, 4) is 0 Å². The maximum absolute atomic E-state index is 6.98. The molecule has 0 amide bonds. The molecular weight excluding hydrogens is 244 g/mol. The molecular formula is C6H7BrN2S2. The van der Waals surface area contributed by atoms with Crippen LogP contribution in [0.1, 0.15) is 4.88 Å². The van der Waals surface area contributed by atoms with Crippen LogP contribution in [0.3, 0.4) is 0 Å². The average Bonchev–Trinajstić information content (AvgIpc) is 2.31. The minimum absolute atomic E-state index is 0.175. The third-order valence-electron chi connectivity index (χ3n) is 0.999. The minimum Gasteiger partial charge on any atom is -0.379 e. The number of nitrogens with one attached hydrogen (secondary N) is 1. The number of halogens is 1. The van der Waals surface area contributed by atoms with E-state index >= 15 is 0 Å². The normalized spacial score (nSPS) is 9.91. The van der Waals surface area contributed by atoms with E-state index in [-0.39, 0.29) is 5.17 Å². The van der Waals surface area contributed by atoms with Crippen molar-refractivity contribution in [2.24, 2.45) is 5.73 Å². The van der Waals surface area contributed by atoms with Crippen LogP contribution in [0.25, 0.3) is 0 Å². The molecule has 3 N–H and O–H groups in total. The molecule has 0 saturated heterocycles. The number of thioether (sulfide) groups is 1. The van der Waals surface area contributed by atoms with Gasteiger partial charge in [0.15, 0.2) is 5.17 Å². The summed E-state index contributed by atoms with van der Waals surface area (Å²) in [5, 5.41) is 7.16. The quantitative estimate of drug-likeness (QED) is 0.627. The molecule has 60 valence electrons. The lowest BCUT2D eigenvalue weighted by Crippen LogP contribution is -2.03. The van der Waals surface area contributed by atoms with E-state index in [0.717, 1.165) is 9.54 Å². The molecule has 0 aliphatic heterocycles. The van der Waals surface area contributed by atoms with E-state index in [1.165, 1.54) is 16.6 Å². The molecule has 0 spiro atoms. The van der Waals surface area contributed by atoms with Gasteiger partial charge in [-0.05, 0) is 28.1 Å². The first kappa shape index (κ1) is 9.09. The smallest absolute Gasteiger partial charge is 0.151 e. The number of hydrogen-bond acceptors (Lipinski definition) is 3. The largest absolute Gasteiger partial charge is 0.379 e. The molecule has 0 saturated carbocycles. The van der Waals surface area contributed by atoms with Crippen molar-refractivity contribution in [2.75, 3.05) is 0 Å². The maximum Gasteiger partial charge on any atom is 0.151 e. The molecule has 0 aliphatic carbocycles. The van der Waals surface area contributed by atoms with Gasteiger partial charge < -0.3 is 5.73 Å². The number of rotatable bonds is 2. The van der Waals surface area contributed by atoms with Gasteiger partial charge >= 0.3 is 0 Å². The molecule has 1 aromatic rings. The van der Waals surface area contributed by atoms with E-state index in [9.17, 15) is 0 Å². The summed E-state index contributed by atoms with van der Waals surface area (Å²) in [5.74, 6) is 0.797. The van der Waals surface area contributed by atoms with Crippen molar-refractivity contribution in [2.45, 2.75) is 5.75 Å². The molecule has 0 fully saturated rings. The molecule has 1 aromatic heterocycles. The zero-order chi connectivity index (χ0) is 8.27. The molecule has 2 nitrogen and oxygen atoms in total. The van der Waals surface area contributed by atoms with Crippen LogP contribution >= 0.6 is 39.0 Å². The Morgan fingerprint density at radius 3 is 2.91 bits per heavy atom. The fourth-order valence-corrected chi connectivity index (χ4v) is 2.66. The lowest BCUT2D eigenvalue weighted by Gasteiger charge is -1.93. The van der Waals surface area contributed by atoms with Crippen LogP contribution in [0.15, 0.2) is 15.9 Å². The van der Waals surface area contributed by atoms with Crippen LogP contribution < -0.4 is 5.73 Å². The first-order chi connectivity index (χ1) is 5.18. The second kappa shape index (κ2) is 4.13. The van der Waals surface area contributed by atoms with Gasteiger partial charge in [-0.2, -0.15) is 0 Å². The van der Waals surface area contributed by atoms with Crippen LogP contribution in [0.4, 0.5) is 0 Å². The molecule has 1 rings (SSSR count). The molecule has 5 heteroatoms. The van der Waals surface area contributed by atoms with Crippen LogP contribution in [0.5, 0.6) is 0 Å². The monoisotopic (exact) mass is 250 g/mol. The third kappa shape index (κ3) is 3.27. The lowest BCUT2D eigenvalue weighted by molar-refractivity contribution is 1.49. The first-order valence-electron chi connectivity index (χ1n) is 2.89. The van der Waals surface area contributed by atoms with Gasteiger partial charge in [0.2, 0.25) is 0 Å². The van der Waals surface area contributed by atoms with Crippen LogP contribution in [-0.2, 0) is 5.75 Å². The van der Waals surface area contributed by atoms with Gasteiger partial charge in [0.05, 0.1) is 3.79 Å². The highest BCUT2D eigenvalue weighted by Crippen LogP contribution is 2.25. The Labute approximate surface area is 81.8 Å². The van der Waals surface area contributed by atoms with Gasteiger partial charge in [0.1, 0.15) is 0 Å². The predicted molar refractivity (Wildman–Crippen MR) is 55.2 cm³/mol. The van der Waals surface area contributed by atoms with E-state index in [1.54, 1.807) is 11.3 Å². The van der Waals surface area contributed by atoms with Gasteiger partial charge in [-0.15, -0.1) is 11.3 Å². The molecule has 0 bridgehead atoms. The van der Waals surface area contributed by atoms with Crippen molar-refractivity contribution < 1.29 is 0 Å². The molecule has 1 heterocycles. The molecule has 0 aromatic carbocycles. The molecule has 0 radical (unpaired) electrons. The van der Waals surface area contributed by atoms with Crippen LogP contribution in [0.2, 0.25) is 0 Å². The fourth-order valence-electron chi connectivity index (χ4n) is 0.578. The summed E-state index contributed by atoms with van der Waals surface area (Å²) >= 11 is 6.39. The first-order valence-corrected chi connectivity index (χ1v) is 5.49. The summed E-state index contributed by atoms with van der Waals surface area (Å²) in [6.45, 7) is 0. The van der Waals surface area contributed by atoms with E-state index in [4.69, 9.17) is 11.1 Å². The van der Waals surface area contributed by atoms with Crippen molar-refractivity contribution in [1.82, 2.24) is 0 Å². The zero-order valence-electron chi connectivity index (χ0n) is 5.63. The topological polar surface area (TPSA) is 49.9 Å². The maximum atomic E-state index is 6.98. The van der Waals surface area contributed by atoms with Crippen molar-refractivity contribution in [3.05, 3.63) is 20.8 Å². The Balaban J connectivity index is 2.45. The van der Waals surface area contributed by atoms with Gasteiger partial charge in [-0.3, -0.25) is 5.41 Å². The van der Waals surface area contributed by atoms with Crippen LogP contribution in [-0.4, -0.2) is 5.17 Å². The standard InChI is InChI=1S/C6H7BrN2S2/c7-5-2-1-4(11-5)3-10-6(8)9/h1-2H,3H2,(H3,8,9). The summed E-state index contributed by atoms with van der Waals surface area (Å²) in [5.41, 5.74) is 5.19. The fraction of sp³-hybridized carbons (Fsp3) is 0.167.